The van der Waals surface area contributed by atoms with Crippen molar-refractivity contribution in [3.05, 3.63) is 0 Å². The van der Waals surface area contributed by atoms with Gasteiger partial charge in [-0.05, 0) is 27.2 Å². The molecule has 1 fully saturated rings. The van der Waals surface area contributed by atoms with Crippen LogP contribution in [0.15, 0.2) is 0 Å². The van der Waals surface area contributed by atoms with Crippen LogP contribution in [-0.4, -0.2) is 53.8 Å². The molecule has 4 nitrogen and oxygen atoms in total. The number of rotatable bonds is 5. The predicted molar refractivity (Wildman–Crippen MR) is 80.4 cm³/mol. The molecule has 0 aliphatic carbocycles. The average Bonchev–Trinajstić information content (AvgIpc) is 2.75. The molecular formula is C14H24N2O2S. The van der Waals surface area contributed by atoms with E-state index in [1.165, 1.54) is 0 Å². The van der Waals surface area contributed by atoms with E-state index in [0.717, 1.165) is 37.6 Å². The van der Waals surface area contributed by atoms with Gasteiger partial charge in [-0.3, -0.25) is 0 Å². The molecular weight excluding hydrogens is 260 g/mol. The molecule has 5 heteroatoms. The zero-order valence-electron chi connectivity index (χ0n) is 12.1. The summed E-state index contributed by atoms with van der Waals surface area (Å²) in [4.78, 5) is 13.6. The quantitative estimate of drug-likeness (QED) is 0.619. The smallest absolute Gasteiger partial charge is 0.410 e. The Morgan fingerprint density at radius 2 is 2.32 bits per heavy atom. The van der Waals surface area contributed by atoms with Gasteiger partial charge in [0, 0.05) is 31.4 Å². The number of amides is 1. The Balaban J connectivity index is 2.19. The highest BCUT2D eigenvalue weighted by Crippen LogP contribution is 2.15. The molecule has 1 N–H and O–H groups in total. The van der Waals surface area contributed by atoms with Crippen molar-refractivity contribution in [3.8, 4) is 12.3 Å². The van der Waals surface area contributed by atoms with Gasteiger partial charge in [0.25, 0.3) is 0 Å². The number of thioether (sulfide) groups is 1. The summed E-state index contributed by atoms with van der Waals surface area (Å²) in [5.41, 5.74) is -0.422. The van der Waals surface area contributed by atoms with Crippen molar-refractivity contribution in [2.24, 2.45) is 0 Å². The summed E-state index contributed by atoms with van der Waals surface area (Å²) in [6.45, 7) is 8.09. The monoisotopic (exact) mass is 284 g/mol. The van der Waals surface area contributed by atoms with Crippen molar-refractivity contribution in [2.45, 2.75) is 38.8 Å². The first kappa shape index (κ1) is 16.2. The Hall–Kier alpha value is -0.860. The van der Waals surface area contributed by atoms with Crippen LogP contribution in [-0.2, 0) is 4.74 Å². The van der Waals surface area contributed by atoms with E-state index in [2.05, 4.69) is 11.2 Å². The first-order valence-electron chi connectivity index (χ1n) is 6.65. The fourth-order valence-corrected chi connectivity index (χ4v) is 2.41. The number of hydrogen-bond acceptors (Lipinski definition) is 4. The minimum Gasteiger partial charge on any atom is -0.444 e. The number of carbonyl (C=O) groups is 1. The van der Waals surface area contributed by atoms with E-state index < -0.39 is 5.60 Å². The summed E-state index contributed by atoms with van der Waals surface area (Å²) in [7, 11) is 0. The Labute approximate surface area is 120 Å². The van der Waals surface area contributed by atoms with Crippen LogP contribution in [0.4, 0.5) is 4.79 Å². The molecule has 108 valence electrons. The Kier molecular flexibility index (Phi) is 6.53. The molecule has 1 heterocycles. The van der Waals surface area contributed by atoms with E-state index >= 15 is 0 Å². The van der Waals surface area contributed by atoms with Gasteiger partial charge < -0.3 is 15.0 Å². The summed E-state index contributed by atoms with van der Waals surface area (Å²) < 4.78 is 5.36. The summed E-state index contributed by atoms with van der Waals surface area (Å²) >= 11 is 1.75. The molecule has 0 spiro atoms. The molecule has 0 saturated carbocycles. The lowest BCUT2D eigenvalue weighted by Gasteiger charge is -2.24. The van der Waals surface area contributed by atoms with E-state index in [-0.39, 0.29) is 6.09 Å². The molecule has 0 aromatic rings. The third-order valence-corrected chi connectivity index (χ3v) is 3.57. The van der Waals surface area contributed by atoms with Gasteiger partial charge in [0.1, 0.15) is 5.60 Å². The number of nitrogens with one attached hydrogen (secondary N) is 1. The third-order valence-electron chi connectivity index (χ3n) is 2.70. The van der Waals surface area contributed by atoms with Crippen molar-refractivity contribution in [1.29, 1.82) is 0 Å². The SMILES string of the molecule is C#CCSCCNC1CCN(C(=O)OC(C)(C)C)C1. The highest BCUT2D eigenvalue weighted by Gasteiger charge is 2.29. The maximum Gasteiger partial charge on any atom is 0.410 e. The summed E-state index contributed by atoms with van der Waals surface area (Å²) in [5, 5.41) is 3.45. The van der Waals surface area contributed by atoms with Gasteiger partial charge in [-0.2, -0.15) is 0 Å². The number of hydrogen-bond donors (Lipinski definition) is 1. The van der Waals surface area contributed by atoms with Gasteiger partial charge in [-0.25, -0.2) is 4.79 Å². The maximum absolute atomic E-state index is 11.9. The predicted octanol–water partition coefficient (Wildman–Crippen LogP) is 1.95. The number of likely N-dealkylation sites (tertiary alicyclic amines) is 1. The first-order chi connectivity index (χ1) is 8.92. The second-order valence-corrected chi connectivity index (χ2v) is 6.73. The van der Waals surface area contributed by atoms with E-state index in [1.807, 2.05) is 20.8 Å². The Morgan fingerprint density at radius 3 is 2.95 bits per heavy atom. The molecule has 1 unspecified atom stereocenters. The van der Waals surface area contributed by atoms with Crippen molar-refractivity contribution < 1.29 is 9.53 Å². The van der Waals surface area contributed by atoms with Gasteiger partial charge in [-0.1, -0.05) is 5.92 Å². The fourth-order valence-electron chi connectivity index (χ4n) is 1.89. The van der Waals surface area contributed by atoms with Gasteiger partial charge in [-0.15, -0.1) is 18.2 Å². The lowest BCUT2D eigenvalue weighted by Crippen LogP contribution is -2.38. The number of nitrogens with zero attached hydrogens (tertiary/aromatic N) is 1. The van der Waals surface area contributed by atoms with E-state index in [9.17, 15) is 4.79 Å². The largest absolute Gasteiger partial charge is 0.444 e. The standard InChI is InChI=1S/C14H24N2O2S/c1-5-9-19-10-7-15-12-6-8-16(11-12)13(17)18-14(2,3)4/h1,12,15H,6-11H2,2-4H3. The van der Waals surface area contributed by atoms with E-state index in [4.69, 9.17) is 11.2 Å². The Morgan fingerprint density at radius 1 is 1.58 bits per heavy atom. The molecule has 1 amide bonds. The van der Waals surface area contributed by atoms with Crippen LogP contribution in [0.5, 0.6) is 0 Å². The fraction of sp³-hybridized carbons (Fsp3) is 0.786. The number of ether oxygens (including phenoxy) is 1. The molecule has 0 aromatic carbocycles. The Bertz CT molecular complexity index is 333. The van der Waals surface area contributed by atoms with Crippen LogP contribution in [0.1, 0.15) is 27.2 Å². The first-order valence-corrected chi connectivity index (χ1v) is 7.80. The van der Waals surface area contributed by atoms with Crippen LogP contribution in [0.3, 0.4) is 0 Å². The summed E-state index contributed by atoms with van der Waals surface area (Å²) in [5.74, 6) is 4.37. The second-order valence-electron chi connectivity index (χ2n) is 5.62. The minimum absolute atomic E-state index is 0.210. The number of terminal acetylenes is 1. The zero-order valence-corrected chi connectivity index (χ0v) is 12.9. The van der Waals surface area contributed by atoms with Crippen LogP contribution >= 0.6 is 11.8 Å². The molecule has 1 saturated heterocycles. The lowest BCUT2D eigenvalue weighted by molar-refractivity contribution is 0.0291. The van der Waals surface area contributed by atoms with Gasteiger partial charge in [0.15, 0.2) is 0 Å². The molecule has 0 aromatic heterocycles. The molecule has 1 atom stereocenters. The zero-order chi connectivity index (χ0) is 14.3. The normalized spacial score (nSPS) is 19.3. The van der Waals surface area contributed by atoms with E-state index in [0.29, 0.717) is 6.04 Å². The topological polar surface area (TPSA) is 41.6 Å². The minimum atomic E-state index is -0.422. The van der Waals surface area contributed by atoms with Crippen LogP contribution in [0.2, 0.25) is 0 Å². The second kappa shape index (κ2) is 7.66. The molecule has 1 rings (SSSR count). The van der Waals surface area contributed by atoms with Crippen molar-refractivity contribution in [1.82, 2.24) is 10.2 Å². The highest BCUT2D eigenvalue weighted by atomic mass is 32.2. The van der Waals surface area contributed by atoms with Crippen molar-refractivity contribution in [2.75, 3.05) is 31.1 Å². The summed E-state index contributed by atoms with van der Waals surface area (Å²) in [6.07, 6.45) is 5.96. The van der Waals surface area contributed by atoms with Gasteiger partial charge in [0.05, 0.1) is 5.75 Å². The molecule has 0 radical (unpaired) electrons. The van der Waals surface area contributed by atoms with Crippen LogP contribution in [0.25, 0.3) is 0 Å². The van der Waals surface area contributed by atoms with Gasteiger partial charge >= 0.3 is 6.09 Å². The highest BCUT2D eigenvalue weighted by molar-refractivity contribution is 7.99. The maximum atomic E-state index is 11.9. The van der Waals surface area contributed by atoms with E-state index in [1.54, 1.807) is 16.7 Å². The molecule has 1 aliphatic heterocycles. The molecule has 19 heavy (non-hydrogen) atoms. The van der Waals surface area contributed by atoms with Crippen molar-refractivity contribution in [3.63, 3.8) is 0 Å². The molecule has 0 bridgehead atoms. The van der Waals surface area contributed by atoms with Crippen molar-refractivity contribution >= 4 is 17.9 Å². The summed E-state index contributed by atoms with van der Waals surface area (Å²) in [6, 6.07) is 0.374. The lowest BCUT2D eigenvalue weighted by atomic mass is 10.2. The van der Waals surface area contributed by atoms with Gasteiger partial charge in [0.2, 0.25) is 0 Å². The average molecular weight is 284 g/mol. The number of carbonyl (C=O) groups excluding carboxylic acids is 1. The van der Waals surface area contributed by atoms with Crippen LogP contribution < -0.4 is 5.32 Å². The van der Waals surface area contributed by atoms with Crippen LogP contribution in [0, 0.1) is 12.3 Å². The third kappa shape index (κ3) is 6.74. The molecule has 1 aliphatic rings.